The molecule has 4 heteroatoms. The highest BCUT2D eigenvalue weighted by molar-refractivity contribution is 5.32. The molecule has 0 amide bonds. The lowest BCUT2D eigenvalue weighted by Gasteiger charge is -2.17. The number of likely N-dealkylation sites (N-methyl/N-ethyl adjacent to an activating group) is 1. The van der Waals surface area contributed by atoms with Crippen LogP contribution in [-0.2, 0) is 0 Å². The van der Waals surface area contributed by atoms with Crippen LogP contribution in [0.3, 0.4) is 0 Å². The third-order valence-corrected chi connectivity index (χ3v) is 2.40. The molecule has 0 radical (unpaired) electrons. The van der Waals surface area contributed by atoms with E-state index in [1.165, 1.54) is 0 Å². The van der Waals surface area contributed by atoms with Gasteiger partial charge in [-0.25, -0.2) is 0 Å². The SMILES string of the molecule is COc1cccc(OCCC(N)CN(C)C)c1. The molecule has 1 unspecified atom stereocenters. The fourth-order valence-corrected chi connectivity index (χ4v) is 1.58. The minimum atomic E-state index is 0.149. The number of ether oxygens (including phenoxy) is 2. The number of nitrogens with zero attached hydrogens (tertiary/aromatic N) is 1. The summed E-state index contributed by atoms with van der Waals surface area (Å²) < 4.78 is 10.7. The predicted octanol–water partition coefficient (Wildman–Crippen LogP) is 1.35. The van der Waals surface area contributed by atoms with Crippen LogP contribution in [0.15, 0.2) is 24.3 Å². The first-order valence-electron chi connectivity index (χ1n) is 5.79. The summed E-state index contributed by atoms with van der Waals surface area (Å²) in [5, 5.41) is 0. The predicted molar refractivity (Wildman–Crippen MR) is 69.6 cm³/mol. The van der Waals surface area contributed by atoms with E-state index >= 15 is 0 Å². The molecule has 1 aromatic carbocycles. The van der Waals surface area contributed by atoms with Gasteiger partial charge in [-0.05, 0) is 32.6 Å². The summed E-state index contributed by atoms with van der Waals surface area (Å²) in [7, 11) is 5.68. The molecule has 17 heavy (non-hydrogen) atoms. The van der Waals surface area contributed by atoms with E-state index in [0.717, 1.165) is 24.5 Å². The van der Waals surface area contributed by atoms with Crippen molar-refractivity contribution >= 4 is 0 Å². The molecule has 4 nitrogen and oxygen atoms in total. The maximum absolute atomic E-state index is 5.95. The number of methoxy groups -OCH3 is 1. The van der Waals surface area contributed by atoms with Gasteiger partial charge in [0.2, 0.25) is 0 Å². The van der Waals surface area contributed by atoms with Gasteiger partial charge in [-0.2, -0.15) is 0 Å². The molecule has 1 atom stereocenters. The summed E-state index contributed by atoms with van der Waals surface area (Å²) in [5.74, 6) is 1.63. The summed E-state index contributed by atoms with van der Waals surface area (Å²) in [6.07, 6.45) is 0.843. The largest absolute Gasteiger partial charge is 0.497 e. The zero-order chi connectivity index (χ0) is 12.7. The molecule has 0 aliphatic heterocycles. The van der Waals surface area contributed by atoms with Crippen LogP contribution in [0.5, 0.6) is 11.5 Å². The van der Waals surface area contributed by atoms with Gasteiger partial charge in [0.15, 0.2) is 0 Å². The summed E-state index contributed by atoms with van der Waals surface area (Å²) in [6.45, 7) is 1.50. The van der Waals surface area contributed by atoms with Crippen LogP contribution in [0, 0.1) is 0 Å². The fourth-order valence-electron chi connectivity index (χ4n) is 1.58. The summed E-state index contributed by atoms with van der Waals surface area (Å²) in [5.41, 5.74) is 5.95. The van der Waals surface area contributed by atoms with Crippen molar-refractivity contribution in [3.05, 3.63) is 24.3 Å². The molecule has 1 aromatic rings. The van der Waals surface area contributed by atoms with Crippen molar-refractivity contribution in [3.8, 4) is 11.5 Å². The zero-order valence-corrected chi connectivity index (χ0v) is 10.8. The van der Waals surface area contributed by atoms with E-state index in [4.69, 9.17) is 15.2 Å². The Balaban J connectivity index is 2.30. The lowest BCUT2D eigenvalue weighted by Crippen LogP contribution is -2.34. The first-order chi connectivity index (χ1) is 8.11. The lowest BCUT2D eigenvalue weighted by atomic mass is 10.2. The average Bonchev–Trinajstić information content (AvgIpc) is 2.28. The van der Waals surface area contributed by atoms with Crippen LogP contribution in [0.1, 0.15) is 6.42 Å². The Morgan fingerprint density at radius 1 is 1.29 bits per heavy atom. The second-order valence-corrected chi connectivity index (χ2v) is 4.34. The minimum Gasteiger partial charge on any atom is -0.497 e. The van der Waals surface area contributed by atoms with Gasteiger partial charge in [0.1, 0.15) is 11.5 Å². The van der Waals surface area contributed by atoms with Crippen molar-refractivity contribution in [2.45, 2.75) is 12.5 Å². The topological polar surface area (TPSA) is 47.7 Å². The maximum Gasteiger partial charge on any atom is 0.122 e. The molecule has 0 aliphatic rings. The van der Waals surface area contributed by atoms with E-state index in [1.54, 1.807) is 7.11 Å². The second kappa shape index (κ2) is 7.14. The molecule has 0 saturated heterocycles. The Morgan fingerprint density at radius 3 is 2.65 bits per heavy atom. The molecule has 2 N–H and O–H groups in total. The van der Waals surface area contributed by atoms with Crippen LogP contribution < -0.4 is 15.2 Å². The Kier molecular flexibility index (Phi) is 5.80. The Morgan fingerprint density at radius 2 is 2.00 bits per heavy atom. The zero-order valence-electron chi connectivity index (χ0n) is 10.8. The molecule has 96 valence electrons. The molecule has 0 spiro atoms. The summed E-state index contributed by atoms with van der Waals surface area (Å²) >= 11 is 0. The van der Waals surface area contributed by atoms with Gasteiger partial charge in [-0.3, -0.25) is 0 Å². The number of benzene rings is 1. The minimum absolute atomic E-state index is 0.149. The molecule has 0 bridgehead atoms. The van der Waals surface area contributed by atoms with Gasteiger partial charge in [-0.1, -0.05) is 6.07 Å². The van der Waals surface area contributed by atoms with Gasteiger partial charge in [0, 0.05) is 18.7 Å². The number of hydrogen-bond acceptors (Lipinski definition) is 4. The first-order valence-corrected chi connectivity index (χ1v) is 5.79. The van der Waals surface area contributed by atoms with E-state index in [1.807, 2.05) is 38.4 Å². The van der Waals surface area contributed by atoms with Crippen molar-refractivity contribution < 1.29 is 9.47 Å². The third-order valence-electron chi connectivity index (χ3n) is 2.40. The van der Waals surface area contributed by atoms with Crippen molar-refractivity contribution in [1.29, 1.82) is 0 Å². The van der Waals surface area contributed by atoms with Crippen molar-refractivity contribution in [1.82, 2.24) is 4.90 Å². The van der Waals surface area contributed by atoms with E-state index in [9.17, 15) is 0 Å². The Hall–Kier alpha value is -1.26. The lowest BCUT2D eigenvalue weighted by molar-refractivity contribution is 0.275. The van der Waals surface area contributed by atoms with Crippen molar-refractivity contribution in [2.24, 2.45) is 5.73 Å². The Bertz CT molecular complexity index is 329. The van der Waals surface area contributed by atoms with Crippen LogP contribution in [-0.4, -0.2) is 45.3 Å². The van der Waals surface area contributed by atoms with Crippen LogP contribution in [0.25, 0.3) is 0 Å². The summed E-state index contributed by atoms with van der Waals surface area (Å²) in [6, 6.07) is 7.74. The number of rotatable bonds is 7. The van der Waals surface area contributed by atoms with Gasteiger partial charge in [0.25, 0.3) is 0 Å². The van der Waals surface area contributed by atoms with Gasteiger partial charge in [0.05, 0.1) is 13.7 Å². The highest BCUT2D eigenvalue weighted by atomic mass is 16.5. The normalized spacial score (nSPS) is 12.5. The fraction of sp³-hybridized carbons (Fsp3) is 0.538. The van der Waals surface area contributed by atoms with E-state index in [0.29, 0.717) is 6.61 Å². The molecule has 0 heterocycles. The maximum atomic E-state index is 5.95. The molecule has 1 rings (SSSR count). The van der Waals surface area contributed by atoms with Crippen LogP contribution in [0.4, 0.5) is 0 Å². The number of hydrogen-bond donors (Lipinski definition) is 1. The van der Waals surface area contributed by atoms with Gasteiger partial charge >= 0.3 is 0 Å². The standard InChI is InChI=1S/C13H22N2O2/c1-15(2)10-11(14)7-8-17-13-6-4-5-12(9-13)16-3/h4-6,9,11H,7-8,10,14H2,1-3H3. The van der Waals surface area contributed by atoms with Crippen molar-refractivity contribution in [2.75, 3.05) is 34.4 Å². The molecular formula is C13H22N2O2. The van der Waals surface area contributed by atoms with E-state index in [-0.39, 0.29) is 6.04 Å². The quantitative estimate of drug-likeness (QED) is 0.779. The highest BCUT2D eigenvalue weighted by Crippen LogP contribution is 2.18. The molecule has 0 aliphatic carbocycles. The monoisotopic (exact) mass is 238 g/mol. The van der Waals surface area contributed by atoms with Gasteiger partial charge < -0.3 is 20.1 Å². The molecular weight excluding hydrogens is 216 g/mol. The first kappa shape index (κ1) is 13.8. The van der Waals surface area contributed by atoms with Crippen LogP contribution in [0.2, 0.25) is 0 Å². The summed E-state index contributed by atoms with van der Waals surface area (Å²) in [4.78, 5) is 2.08. The van der Waals surface area contributed by atoms with Crippen LogP contribution >= 0.6 is 0 Å². The van der Waals surface area contributed by atoms with E-state index < -0.39 is 0 Å². The highest BCUT2D eigenvalue weighted by Gasteiger charge is 2.04. The molecule has 0 fully saturated rings. The third kappa shape index (κ3) is 5.56. The second-order valence-electron chi connectivity index (χ2n) is 4.34. The number of nitrogens with two attached hydrogens (primary N) is 1. The van der Waals surface area contributed by atoms with Crippen molar-refractivity contribution in [3.63, 3.8) is 0 Å². The average molecular weight is 238 g/mol. The Labute approximate surface area is 103 Å². The molecule has 0 saturated carbocycles. The van der Waals surface area contributed by atoms with E-state index in [2.05, 4.69) is 4.90 Å². The molecule has 0 aromatic heterocycles. The van der Waals surface area contributed by atoms with Gasteiger partial charge in [-0.15, -0.1) is 0 Å². The smallest absolute Gasteiger partial charge is 0.122 e.